The van der Waals surface area contributed by atoms with Crippen LogP contribution in [0.4, 0.5) is 14.6 Å². The second kappa shape index (κ2) is 4.91. The molecule has 17 heavy (non-hydrogen) atoms. The largest absolute Gasteiger partial charge is 0.366 e. The maximum Gasteiger partial charge on any atom is 0.131 e. The molecule has 4 heteroatoms. The maximum absolute atomic E-state index is 13.3. The quantitative estimate of drug-likeness (QED) is 0.881. The third-order valence-corrected chi connectivity index (χ3v) is 2.42. The Labute approximate surface area is 98.3 Å². The SMILES string of the molecule is Cc1ccnc(NCc2c(F)cccc2F)c1. The molecule has 1 heterocycles. The number of pyridine rings is 1. The van der Waals surface area contributed by atoms with Crippen LogP contribution in [-0.4, -0.2) is 4.98 Å². The molecule has 0 unspecified atom stereocenters. The van der Waals surface area contributed by atoms with E-state index in [1.807, 2.05) is 19.1 Å². The molecule has 0 spiro atoms. The van der Waals surface area contributed by atoms with Gasteiger partial charge in [0.1, 0.15) is 17.5 Å². The topological polar surface area (TPSA) is 24.9 Å². The lowest BCUT2D eigenvalue weighted by molar-refractivity contribution is 0.560. The van der Waals surface area contributed by atoms with Gasteiger partial charge in [0, 0.05) is 18.3 Å². The van der Waals surface area contributed by atoms with Crippen molar-refractivity contribution in [3.05, 3.63) is 59.3 Å². The zero-order chi connectivity index (χ0) is 12.3. The number of anilines is 1. The van der Waals surface area contributed by atoms with Crippen molar-refractivity contribution < 1.29 is 8.78 Å². The van der Waals surface area contributed by atoms with Crippen LogP contribution in [0.2, 0.25) is 0 Å². The normalized spacial score (nSPS) is 10.3. The van der Waals surface area contributed by atoms with Crippen molar-refractivity contribution in [1.29, 1.82) is 0 Å². The van der Waals surface area contributed by atoms with Gasteiger partial charge in [0.25, 0.3) is 0 Å². The molecule has 1 aromatic carbocycles. The Kier molecular flexibility index (Phi) is 3.32. The summed E-state index contributed by atoms with van der Waals surface area (Å²) in [4.78, 5) is 4.06. The van der Waals surface area contributed by atoms with Crippen LogP contribution in [0.15, 0.2) is 36.5 Å². The molecule has 2 nitrogen and oxygen atoms in total. The first kappa shape index (κ1) is 11.5. The fraction of sp³-hybridized carbons (Fsp3) is 0.154. The summed E-state index contributed by atoms with van der Waals surface area (Å²) < 4.78 is 26.7. The highest BCUT2D eigenvalue weighted by Gasteiger charge is 2.07. The number of nitrogens with zero attached hydrogens (tertiary/aromatic N) is 1. The van der Waals surface area contributed by atoms with Crippen LogP contribution in [0.3, 0.4) is 0 Å². The highest BCUT2D eigenvalue weighted by Crippen LogP contribution is 2.14. The van der Waals surface area contributed by atoms with Gasteiger partial charge >= 0.3 is 0 Å². The molecular weight excluding hydrogens is 222 g/mol. The Hall–Kier alpha value is -1.97. The summed E-state index contributed by atoms with van der Waals surface area (Å²) >= 11 is 0. The van der Waals surface area contributed by atoms with Gasteiger partial charge < -0.3 is 5.32 Å². The van der Waals surface area contributed by atoms with Crippen LogP contribution in [0.25, 0.3) is 0 Å². The standard InChI is InChI=1S/C13H12F2N2/c1-9-5-6-16-13(7-9)17-8-10-11(14)3-2-4-12(10)15/h2-7H,8H2,1H3,(H,16,17). The van der Waals surface area contributed by atoms with E-state index in [0.717, 1.165) is 5.56 Å². The van der Waals surface area contributed by atoms with Gasteiger partial charge in [-0.3, -0.25) is 0 Å². The first-order chi connectivity index (χ1) is 8.16. The van der Waals surface area contributed by atoms with Gasteiger partial charge in [0.2, 0.25) is 0 Å². The summed E-state index contributed by atoms with van der Waals surface area (Å²) in [6, 6.07) is 7.50. The van der Waals surface area contributed by atoms with Crippen LogP contribution >= 0.6 is 0 Å². The number of aryl methyl sites for hydroxylation is 1. The number of nitrogens with one attached hydrogen (secondary N) is 1. The van der Waals surface area contributed by atoms with Gasteiger partial charge in [-0.1, -0.05) is 6.07 Å². The molecule has 0 aliphatic rings. The van der Waals surface area contributed by atoms with Crippen molar-refractivity contribution >= 4 is 5.82 Å². The molecule has 2 aromatic rings. The zero-order valence-corrected chi connectivity index (χ0v) is 9.37. The van der Waals surface area contributed by atoms with Crippen LogP contribution < -0.4 is 5.32 Å². The molecule has 88 valence electrons. The van der Waals surface area contributed by atoms with E-state index in [2.05, 4.69) is 10.3 Å². The molecule has 0 amide bonds. The van der Waals surface area contributed by atoms with E-state index in [1.54, 1.807) is 6.20 Å². The lowest BCUT2D eigenvalue weighted by Gasteiger charge is -2.07. The van der Waals surface area contributed by atoms with E-state index in [9.17, 15) is 8.78 Å². The van der Waals surface area contributed by atoms with E-state index in [1.165, 1.54) is 18.2 Å². The Morgan fingerprint density at radius 3 is 2.53 bits per heavy atom. The molecule has 0 bridgehead atoms. The molecule has 0 aliphatic heterocycles. The van der Waals surface area contributed by atoms with Crippen LogP contribution in [0.5, 0.6) is 0 Å². The Morgan fingerprint density at radius 2 is 1.88 bits per heavy atom. The molecule has 0 atom stereocenters. The first-order valence-electron chi connectivity index (χ1n) is 5.26. The van der Waals surface area contributed by atoms with E-state index in [-0.39, 0.29) is 12.1 Å². The monoisotopic (exact) mass is 234 g/mol. The summed E-state index contributed by atoms with van der Waals surface area (Å²) in [6.07, 6.45) is 1.65. The van der Waals surface area contributed by atoms with E-state index >= 15 is 0 Å². The van der Waals surface area contributed by atoms with Crippen LogP contribution in [0.1, 0.15) is 11.1 Å². The predicted octanol–water partition coefficient (Wildman–Crippen LogP) is 3.28. The molecule has 0 fully saturated rings. The van der Waals surface area contributed by atoms with Crippen molar-refractivity contribution in [1.82, 2.24) is 4.98 Å². The van der Waals surface area contributed by atoms with Gasteiger partial charge in [-0.15, -0.1) is 0 Å². The van der Waals surface area contributed by atoms with Crippen molar-refractivity contribution in [3.63, 3.8) is 0 Å². The van der Waals surface area contributed by atoms with Gasteiger partial charge in [-0.05, 0) is 36.8 Å². The number of halogens is 2. The maximum atomic E-state index is 13.3. The minimum absolute atomic E-state index is 0.0239. The van der Waals surface area contributed by atoms with Gasteiger partial charge in [-0.2, -0.15) is 0 Å². The Balaban J connectivity index is 2.13. The summed E-state index contributed by atoms with van der Waals surface area (Å²) in [6.45, 7) is 2.01. The fourth-order valence-electron chi connectivity index (χ4n) is 1.51. The predicted molar refractivity (Wildman–Crippen MR) is 62.7 cm³/mol. The van der Waals surface area contributed by atoms with Crippen molar-refractivity contribution in [3.8, 4) is 0 Å². The molecule has 0 aliphatic carbocycles. The van der Waals surface area contributed by atoms with E-state index in [4.69, 9.17) is 0 Å². The van der Waals surface area contributed by atoms with Gasteiger partial charge in [0.05, 0.1) is 0 Å². The molecule has 0 saturated heterocycles. The first-order valence-corrected chi connectivity index (χ1v) is 5.26. The molecule has 1 aromatic heterocycles. The Morgan fingerprint density at radius 1 is 1.18 bits per heavy atom. The Bertz CT molecular complexity index is 506. The highest BCUT2D eigenvalue weighted by atomic mass is 19.1. The lowest BCUT2D eigenvalue weighted by Crippen LogP contribution is -2.05. The van der Waals surface area contributed by atoms with Crippen LogP contribution in [-0.2, 0) is 6.54 Å². The smallest absolute Gasteiger partial charge is 0.131 e. The van der Waals surface area contributed by atoms with E-state index < -0.39 is 11.6 Å². The molecule has 0 saturated carbocycles. The number of hydrogen-bond donors (Lipinski definition) is 1. The third-order valence-electron chi connectivity index (χ3n) is 2.42. The van der Waals surface area contributed by atoms with E-state index in [0.29, 0.717) is 5.82 Å². The van der Waals surface area contributed by atoms with Gasteiger partial charge in [0.15, 0.2) is 0 Å². The van der Waals surface area contributed by atoms with Gasteiger partial charge in [-0.25, -0.2) is 13.8 Å². The molecular formula is C13H12F2N2. The molecule has 1 N–H and O–H groups in total. The fourth-order valence-corrected chi connectivity index (χ4v) is 1.51. The average Bonchev–Trinajstić information content (AvgIpc) is 2.28. The highest BCUT2D eigenvalue weighted by molar-refractivity contribution is 5.38. The van der Waals surface area contributed by atoms with Crippen molar-refractivity contribution in [2.45, 2.75) is 13.5 Å². The number of hydrogen-bond acceptors (Lipinski definition) is 2. The summed E-state index contributed by atoms with van der Waals surface area (Å²) in [5.74, 6) is -0.497. The van der Waals surface area contributed by atoms with Crippen LogP contribution in [0, 0.1) is 18.6 Å². The molecule has 2 rings (SSSR count). The van der Waals surface area contributed by atoms with Crippen molar-refractivity contribution in [2.75, 3.05) is 5.32 Å². The minimum atomic E-state index is -0.551. The molecule has 0 radical (unpaired) electrons. The summed E-state index contributed by atoms with van der Waals surface area (Å²) in [7, 11) is 0. The number of aromatic nitrogens is 1. The third kappa shape index (κ3) is 2.78. The second-order valence-corrected chi connectivity index (χ2v) is 3.77. The second-order valence-electron chi connectivity index (χ2n) is 3.77. The lowest BCUT2D eigenvalue weighted by atomic mass is 10.2. The number of benzene rings is 1. The summed E-state index contributed by atoms with van der Waals surface area (Å²) in [5, 5.41) is 2.89. The zero-order valence-electron chi connectivity index (χ0n) is 9.37. The minimum Gasteiger partial charge on any atom is -0.366 e. The average molecular weight is 234 g/mol. The number of rotatable bonds is 3. The summed E-state index contributed by atoms with van der Waals surface area (Å²) in [5.41, 5.74) is 1.06. The van der Waals surface area contributed by atoms with Crippen molar-refractivity contribution in [2.24, 2.45) is 0 Å².